The van der Waals surface area contributed by atoms with Crippen molar-refractivity contribution >= 4 is 0 Å². The van der Waals surface area contributed by atoms with Crippen LogP contribution in [0.5, 0.6) is 5.75 Å². The molecule has 1 unspecified atom stereocenters. The van der Waals surface area contributed by atoms with Gasteiger partial charge in [-0.2, -0.15) is 22.0 Å². The van der Waals surface area contributed by atoms with Crippen LogP contribution in [0.1, 0.15) is 83.1 Å². The summed E-state index contributed by atoms with van der Waals surface area (Å²) in [4.78, 5) is 0. The Hall–Kier alpha value is -1.44. The summed E-state index contributed by atoms with van der Waals surface area (Å²) in [7, 11) is 0. The maximum atomic E-state index is 13.6. The molecule has 1 aromatic carbocycles. The van der Waals surface area contributed by atoms with Crippen molar-refractivity contribution in [3.63, 3.8) is 0 Å². The van der Waals surface area contributed by atoms with Gasteiger partial charge in [-0.15, -0.1) is 0 Å². The van der Waals surface area contributed by atoms with Gasteiger partial charge in [-0.25, -0.2) is 4.39 Å². The molecule has 0 spiro atoms. The quantitative estimate of drug-likeness (QED) is 0.332. The van der Waals surface area contributed by atoms with E-state index in [0.29, 0.717) is 6.61 Å². The third kappa shape index (κ3) is 6.80. The average Bonchev–Trinajstić information content (AvgIpc) is 2.78. The molecule has 0 amide bonds. The Balaban J connectivity index is 1.65. The lowest BCUT2D eigenvalue weighted by Gasteiger charge is -2.39. The highest BCUT2D eigenvalue weighted by molar-refractivity contribution is 5.33. The van der Waals surface area contributed by atoms with Crippen molar-refractivity contribution in [3.05, 3.63) is 29.8 Å². The monoisotopic (exact) mass is 480 g/mol. The molecule has 2 nitrogen and oxygen atoms in total. The molecule has 33 heavy (non-hydrogen) atoms. The fourth-order valence-corrected chi connectivity index (χ4v) is 5.29. The minimum atomic E-state index is -5.71. The molecule has 0 aliphatic heterocycles. The van der Waals surface area contributed by atoms with Crippen molar-refractivity contribution in [3.8, 4) is 5.75 Å². The Morgan fingerprint density at radius 2 is 1.55 bits per heavy atom. The fourth-order valence-electron chi connectivity index (χ4n) is 5.29. The van der Waals surface area contributed by atoms with E-state index in [1.54, 1.807) is 12.1 Å². The molecule has 2 aliphatic carbocycles. The highest BCUT2D eigenvalue weighted by Gasteiger charge is 2.59. The Labute approximate surface area is 192 Å². The van der Waals surface area contributed by atoms with Gasteiger partial charge < -0.3 is 9.47 Å². The molecular formula is C25H34F6O2. The minimum absolute atomic E-state index is 0.224. The van der Waals surface area contributed by atoms with E-state index in [9.17, 15) is 26.3 Å². The first-order chi connectivity index (χ1) is 15.6. The van der Waals surface area contributed by atoms with Gasteiger partial charge in [-0.3, -0.25) is 0 Å². The van der Waals surface area contributed by atoms with Crippen molar-refractivity contribution in [1.82, 2.24) is 0 Å². The van der Waals surface area contributed by atoms with Crippen LogP contribution in [0.25, 0.3) is 0 Å². The summed E-state index contributed by atoms with van der Waals surface area (Å²) in [5.74, 6) is 0.280. The predicted octanol–water partition coefficient (Wildman–Crippen LogP) is 8.14. The van der Waals surface area contributed by atoms with E-state index in [1.807, 2.05) is 0 Å². The topological polar surface area (TPSA) is 18.5 Å². The summed E-state index contributed by atoms with van der Waals surface area (Å²) in [5.41, 5.74) is 0.638. The lowest BCUT2D eigenvalue weighted by molar-refractivity contribution is -0.304. The first-order valence-corrected chi connectivity index (χ1v) is 12.1. The molecule has 2 saturated carbocycles. The summed E-state index contributed by atoms with van der Waals surface area (Å²) in [6.07, 6.45) is -2.99. The summed E-state index contributed by atoms with van der Waals surface area (Å²) >= 11 is 0. The van der Waals surface area contributed by atoms with Crippen LogP contribution in [0.15, 0.2) is 24.3 Å². The second kappa shape index (κ2) is 10.9. The van der Waals surface area contributed by atoms with E-state index < -0.39 is 24.2 Å². The van der Waals surface area contributed by atoms with Crippen molar-refractivity contribution < 1.29 is 35.8 Å². The Morgan fingerprint density at radius 3 is 2.09 bits per heavy atom. The molecule has 0 heterocycles. The van der Waals surface area contributed by atoms with E-state index >= 15 is 0 Å². The van der Waals surface area contributed by atoms with Crippen LogP contribution in [0.2, 0.25) is 0 Å². The fraction of sp³-hybridized carbons (Fsp3) is 0.760. The molecule has 0 N–H and O–H groups in total. The largest absolute Gasteiger partial charge is 0.439 e. The molecule has 3 rings (SSSR count). The van der Waals surface area contributed by atoms with E-state index in [0.717, 1.165) is 56.4 Å². The zero-order chi connectivity index (χ0) is 24.1. The van der Waals surface area contributed by atoms with E-state index in [4.69, 9.17) is 4.74 Å². The number of rotatable bonds is 9. The maximum absolute atomic E-state index is 13.6. The first kappa shape index (κ1) is 26.2. The Kier molecular flexibility index (Phi) is 8.62. The normalized spacial score (nSPS) is 24.9. The molecule has 2 aliphatic rings. The van der Waals surface area contributed by atoms with Crippen molar-refractivity contribution in [2.45, 2.75) is 108 Å². The van der Waals surface area contributed by atoms with Gasteiger partial charge >= 0.3 is 12.3 Å². The van der Waals surface area contributed by atoms with Crippen LogP contribution in [0, 0.1) is 5.92 Å². The second-order valence-corrected chi connectivity index (χ2v) is 9.68. The zero-order valence-corrected chi connectivity index (χ0v) is 19.1. The van der Waals surface area contributed by atoms with Gasteiger partial charge in [-0.1, -0.05) is 51.2 Å². The SMILES string of the molecule is CCCC1CCC(OCC2(c3ccc(OC(F)(F)C(F)C(F)(F)F)cc3)CCCCC2)CC1. The molecule has 1 atom stereocenters. The summed E-state index contributed by atoms with van der Waals surface area (Å²) in [6.45, 7) is 2.74. The summed E-state index contributed by atoms with van der Waals surface area (Å²) in [6, 6.07) is 5.58. The van der Waals surface area contributed by atoms with E-state index in [2.05, 4.69) is 11.7 Å². The number of hydrogen-bond donors (Lipinski definition) is 0. The van der Waals surface area contributed by atoms with Crippen LogP contribution < -0.4 is 4.74 Å². The second-order valence-electron chi connectivity index (χ2n) is 9.68. The Morgan fingerprint density at radius 1 is 0.939 bits per heavy atom. The summed E-state index contributed by atoms with van der Waals surface area (Å²) < 4.78 is 87.8. The van der Waals surface area contributed by atoms with Gasteiger partial charge in [0.05, 0.1) is 12.7 Å². The predicted molar refractivity (Wildman–Crippen MR) is 114 cm³/mol. The van der Waals surface area contributed by atoms with Crippen LogP contribution >= 0.6 is 0 Å². The van der Waals surface area contributed by atoms with Gasteiger partial charge in [0.15, 0.2) is 0 Å². The summed E-state index contributed by atoms with van der Waals surface area (Å²) in [5, 5.41) is 0. The highest BCUT2D eigenvalue weighted by Crippen LogP contribution is 2.42. The van der Waals surface area contributed by atoms with E-state index in [-0.39, 0.29) is 11.5 Å². The van der Waals surface area contributed by atoms with Crippen LogP contribution in [0.4, 0.5) is 26.3 Å². The number of alkyl halides is 6. The number of benzene rings is 1. The molecule has 0 radical (unpaired) electrons. The number of hydrogen-bond acceptors (Lipinski definition) is 2. The molecule has 8 heteroatoms. The van der Waals surface area contributed by atoms with E-state index in [1.165, 1.54) is 37.8 Å². The molecule has 2 fully saturated rings. The van der Waals surface area contributed by atoms with Crippen molar-refractivity contribution in [2.75, 3.05) is 6.61 Å². The standard InChI is InChI=1S/C25H34F6O2/c1-2-6-18-7-11-20(12-8-18)32-17-23(15-4-3-5-16-23)19-9-13-21(14-10-19)33-25(30,31)22(26)24(27,28)29/h9-10,13-14,18,20,22H,2-8,11-12,15-17H2,1H3. The number of halogens is 6. The lowest BCUT2D eigenvalue weighted by Crippen LogP contribution is -2.45. The smallest absolute Gasteiger partial charge is 0.430 e. The molecular weight excluding hydrogens is 446 g/mol. The van der Waals surface area contributed by atoms with Gasteiger partial charge in [0.25, 0.3) is 6.17 Å². The van der Waals surface area contributed by atoms with Crippen molar-refractivity contribution in [1.29, 1.82) is 0 Å². The molecule has 0 saturated heterocycles. The van der Waals surface area contributed by atoms with Gasteiger partial charge in [0, 0.05) is 5.41 Å². The lowest BCUT2D eigenvalue weighted by atomic mass is 9.70. The van der Waals surface area contributed by atoms with Gasteiger partial charge in [-0.05, 0) is 62.1 Å². The zero-order valence-electron chi connectivity index (χ0n) is 19.1. The van der Waals surface area contributed by atoms with Gasteiger partial charge in [0.2, 0.25) is 0 Å². The third-order valence-electron chi connectivity index (χ3n) is 7.20. The van der Waals surface area contributed by atoms with Gasteiger partial charge in [0.1, 0.15) is 5.75 Å². The highest BCUT2D eigenvalue weighted by atomic mass is 19.4. The molecule has 1 aromatic rings. The van der Waals surface area contributed by atoms with Crippen molar-refractivity contribution in [2.24, 2.45) is 5.92 Å². The van der Waals surface area contributed by atoms with Crippen LogP contribution in [-0.4, -0.2) is 31.2 Å². The first-order valence-electron chi connectivity index (χ1n) is 12.1. The maximum Gasteiger partial charge on any atom is 0.439 e. The Bertz CT molecular complexity index is 719. The average molecular weight is 481 g/mol. The molecule has 0 aromatic heterocycles. The molecule has 188 valence electrons. The third-order valence-corrected chi connectivity index (χ3v) is 7.20. The molecule has 0 bridgehead atoms. The number of ether oxygens (including phenoxy) is 2. The van der Waals surface area contributed by atoms with Crippen LogP contribution in [0.3, 0.4) is 0 Å². The van der Waals surface area contributed by atoms with Crippen LogP contribution in [-0.2, 0) is 10.2 Å². The minimum Gasteiger partial charge on any atom is -0.430 e.